The summed E-state index contributed by atoms with van der Waals surface area (Å²) in [6, 6.07) is 8.95. The summed E-state index contributed by atoms with van der Waals surface area (Å²) in [5, 5.41) is 18.1. The highest BCUT2D eigenvalue weighted by atomic mass is 127. The van der Waals surface area contributed by atoms with E-state index in [-0.39, 0.29) is 29.8 Å². The molecule has 0 bridgehead atoms. The predicted octanol–water partition coefficient (Wildman–Crippen LogP) is 3.90. The number of guanidine groups is 1. The number of nitrogens with one attached hydrogen (secondary N) is 3. The van der Waals surface area contributed by atoms with E-state index in [0.717, 1.165) is 40.5 Å². The highest BCUT2D eigenvalue weighted by molar-refractivity contribution is 14.0. The van der Waals surface area contributed by atoms with Crippen molar-refractivity contribution in [2.24, 2.45) is 12.0 Å². The lowest BCUT2D eigenvalue weighted by molar-refractivity contribution is 0.629. The number of hydrogen-bond donors (Lipinski definition) is 3. The van der Waals surface area contributed by atoms with Crippen LogP contribution in [0.2, 0.25) is 0 Å². The fraction of sp³-hybridized carbons (Fsp3) is 0.286. The summed E-state index contributed by atoms with van der Waals surface area (Å²) in [7, 11) is 1.94. The smallest absolute Gasteiger partial charge is 0.192 e. The molecule has 0 aliphatic carbocycles. The lowest BCUT2D eigenvalue weighted by Crippen LogP contribution is -2.38. The van der Waals surface area contributed by atoms with Gasteiger partial charge in [-0.05, 0) is 48.6 Å². The van der Waals surface area contributed by atoms with Gasteiger partial charge < -0.3 is 20.2 Å². The van der Waals surface area contributed by atoms with Crippen LogP contribution in [0.5, 0.6) is 0 Å². The summed E-state index contributed by atoms with van der Waals surface area (Å²) in [5.41, 5.74) is 1.95. The SMILES string of the molecule is Cc1nnc(CN=C(NCCc2c[nH]c3cc(F)ccc23)NCc2cccs2)n1C.I. The Hall–Kier alpha value is -2.47. The molecule has 164 valence electrons. The Kier molecular flexibility index (Phi) is 8.02. The van der Waals surface area contributed by atoms with E-state index >= 15 is 0 Å². The number of halogens is 2. The minimum absolute atomic E-state index is 0. The van der Waals surface area contributed by atoms with Crippen LogP contribution < -0.4 is 10.6 Å². The van der Waals surface area contributed by atoms with E-state index in [9.17, 15) is 4.39 Å². The van der Waals surface area contributed by atoms with Crippen molar-refractivity contribution in [3.63, 3.8) is 0 Å². The quantitative estimate of drug-likeness (QED) is 0.184. The van der Waals surface area contributed by atoms with Crippen LogP contribution in [0.15, 0.2) is 46.9 Å². The third-order valence-electron chi connectivity index (χ3n) is 4.99. The summed E-state index contributed by atoms with van der Waals surface area (Å²) in [5.74, 6) is 2.15. The van der Waals surface area contributed by atoms with Gasteiger partial charge in [0.1, 0.15) is 18.2 Å². The first-order valence-electron chi connectivity index (χ1n) is 9.75. The van der Waals surface area contributed by atoms with Gasteiger partial charge >= 0.3 is 0 Å². The summed E-state index contributed by atoms with van der Waals surface area (Å²) in [4.78, 5) is 9.05. The molecule has 0 radical (unpaired) electrons. The first-order chi connectivity index (χ1) is 14.6. The molecule has 0 aliphatic heterocycles. The van der Waals surface area contributed by atoms with Crippen LogP contribution in [-0.2, 0) is 26.6 Å². The molecule has 4 rings (SSSR count). The Morgan fingerprint density at radius 3 is 2.87 bits per heavy atom. The monoisotopic (exact) mass is 553 g/mol. The van der Waals surface area contributed by atoms with E-state index < -0.39 is 0 Å². The lowest BCUT2D eigenvalue weighted by Gasteiger charge is -2.12. The molecule has 10 heteroatoms. The minimum atomic E-state index is -0.236. The number of nitrogens with zero attached hydrogens (tertiary/aromatic N) is 4. The first kappa shape index (κ1) is 23.2. The maximum absolute atomic E-state index is 13.4. The number of H-pyrrole nitrogens is 1. The second-order valence-corrected chi connectivity index (χ2v) is 8.03. The number of aromatic amines is 1. The number of thiophene rings is 1. The summed E-state index contributed by atoms with van der Waals surface area (Å²) >= 11 is 1.70. The minimum Gasteiger partial charge on any atom is -0.361 e. The molecule has 0 saturated carbocycles. The normalized spacial score (nSPS) is 11.5. The molecule has 0 unspecified atom stereocenters. The van der Waals surface area contributed by atoms with Crippen molar-refractivity contribution < 1.29 is 4.39 Å². The molecule has 0 fully saturated rings. The predicted molar refractivity (Wildman–Crippen MR) is 133 cm³/mol. The number of benzene rings is 1. The summed E-state index contributed by atoms with van der Waals surface area (Å²) in [6.07, 6.45) is 2.72. The maximum atomic E-state index is 13.4. The molecule has 4 aromatic rings. The van der Waals surface area contributed by atoms with Crippen LogP contribution >= 0.6 is 35.3 Å². The van der Waals surface area contributed by atoms with E-state index in [1.54, 1.807) is 11.3 Å². The fourth-order valence-electron chi connectivity index (χ4n) is 3.18. The standard InChI is InChI=1S/C21H24FN7S.HI/c1-14-27-28-20(29(14)2)13-26-21(25-12-17-4-3-9-30-17)23-8-7-15-11-24-19-10-16(22)5-6-18(15)19;/h3-6,9-11,24H,7-8,12-13H2,1-2H3,(H2,23,25,26);1H. The maximum Gasteiger partial charge on any atom is 0.192 e. The fourth-order valence-corrected chi connectivity index (χ4v) is 3.82. The van der Waals surface area contributed by atoms with Crippen molar-refractivity contribution in [1.82, 2.24) is 30.4 Å². The first-order valence-corrected chi connectivity index (χ1v) is 10.6. The van der Waals surface area contributed by atoms with E-state index in [2.05, 4.69) is 42.3 Å². The van der Waals surface area contributed by atoms with Gasteiger partial charge in [-0.3, -0.25) is 0 Å². The average molecular weight is 553 g/mol. The summed E-state index contributed by atoms with van der Waals surface area (Å²) in [6.45, 7) is 3.75. The van der Waals surface area contributed by atoms with Crippen molar-refractivity contribution in [2.75, 3.05) is 6.54 Å². The number of aliphatic imine (C=N–C) groups is 1. The zero-order valence-electron chi connectivity index (χ0n) is 17.4. The molecule has 0 aliphatic rings. The van der Waals surface area contributed by atoms with Crippen molar-refractivity contribution >= 4 is 52.2 Å². The molecular formula is C21H25FIN7S. The van der Waals surface area contributed by atoms with Crippen molar-refractivity contribution in [3.05, 3.63) is 69.8 Å². The molecule has 7 nitrogen and oxygen atoms in total. The van der Waals surface area contributed by atoms with Gasteiger partial charge in [0.25, 0.3) is 0 Å². The van der Waals surface area contributed by atoms with E-state index in [1.807, 2.05) is 36.9 Å². The third kappa shape index (κ3) is 5.82. The van der Waals surface area contributed by atoms with Gasteiger partial charge in [-0.15, -0.1) is 45.5 Å². The molecule has 0 amide bonds. The van der Waals surface area contributed by atoms with Crippen molar-refractivity contribution in [3.8, 4) is 0 Å². The summed E-state index contributed by atoms with van der Waals surface area (Å²) < 4.78 is 15.3. The van der Waals surface area contributed by atoms with Gasteiger partial charge in [-0.1, -0.05) is 6.07 Å². The van der Waals surface area contributed by atoms with Gasteiger partial charge in [0, 0.05) is 35.6 Å². The Bertz CT molecular complexity index is 1150. The van der Waals surface area contributed by atoms with Gasteiger partial charge in [-0.25, -0.2) is 9.38 Å². The van der Waals surface area contributed by atoms with Gasteiger partial charge in [0.05, 0.1) is 6.54 Å². The lowest BCUT2D eigenvalue weighted by atomic mass is 10.1. The van der Waals surface area contributed by atoms with Crippen LogP contribution in [0, 0.1) is 12.7 Å². The van der Waals surface area contributed by atoms with E-state index in [1.165, 1.54) is 17.0 Å². The van der Waals surface area contributed by atoms with Crippen LogP contribution in [-0.4, -0.2) is 32.3 Å². The zero-order valence-corrected chi connectivity index (χ0v) is 20.5. The molecule has 3 heterocycles. The second-order valence-electron chi connectivity index (χ2n) is 7.00. The topological polar surface area (TPSA) is 82.9 Å². The molecule has 0 saturated heterocycles. The van der Waals surface area contributed by atoms with Crippen molar-refractivity contribution in [2.45, 2.75) is 26.4 Å². The molecule has 3 aromatic heterocycles. The molecule has 1 aromatic carbocycles. The molecule has 3 N–H and O–H groups in total. The second kappa shape index (κ2) is 10.7. The Morgan fingerprint density at radius 1 is 1.26 bits per heavy atom. The van der Waals surface area contributed by atoms with E-state index in [0.29, 0.717) is 19.6 Å². The van der Waals surface area contributed by atoms with Crippen molar-refractivity contribution in [1.29, 1.82) is 0 Å². The Morgan fingerprint density at radius 2 is 2.13 bits per heavy atom. The number of rotatable bonds is 7. The van der Waals surface area contributed by atoms with Gasteiger partial charge in [-0.2, -0.15) is 0 Å². The van der Waals surface area contributed by atoms with E-state index in [4.69, 9.17) is 0 Å². The molecule has 0 spiro atoms. The van der Waals surface area contributed by atoms with Gasteiger partial charge in [0.2, 0.25) is 0 Å². The molecule has 0 atom stereocenters. The average Bonchev–Trinajstić information content (AvgIpc) is 3.46. The number of hydrogen-bond acceptors (Lipinski definition) is 4. The highest BCUT2D eigenvalue weighted by Crippen LogP contribution is 2.19. The largest absolute Gasteiger partial charge is 0.361 e. The van der Waals surface area contributed by atoms with Crippen LogP contribution in [0.25, 0.3) is 10.9 Å². The van der Waals surface area contributed by atoms with Crippen LogP contribution in [0.3, 0.4) is 0 Å². The van der Waals surface area contributed by atoms with Gasteiger partial charge in [0.15, 0.2) is 11.8 Å². The third-order valence-corrected chi connectivity index (χ3v) is 5.86. The molecule has 31 heavy (non-hydrogen) atoms. The number of fused-ring (bicyclic) bond motifs is 1. The van der Waals surface area contributed by atoms with Crippen LogP contribution in [0.4, 0.5) is 4.39 Å². The molecular weight excluding hydrogens is 528 g/mol. The number of aromatic nitrogens is 4. The Balaban J connectivity index is 0.00000272. The zero-order chi connectivity index (χ0) is 20.9. The van der Waals surface area contributed by atoms with Crippen LogP contribution in [0.1, 0.15) is 22.1 Å². The number of aryl methyl sites for hydroxylation is 1. The Labute approximate surface area is 201 Å². The highest BCUT2D eigenvalue weighted by Gasteiger charge is 2.08.